The van der Waals surface area contributed by atoms with Crippen molar-refractivity contribution in [3.05, 3.63) is 78.1 Å². The Hall–Kier alpha value is -3.32. The van der Waals surface area contributed by atoms with Gasteiger partial charge in [0.2, 0.25) is 5.13 Å². The number of rotatable bonds is 4. The van der Waals surface area contributed by atoms with Crippen LogP contribution in [-0.4, -0.2) is 25.0 Å². The van der Waals surface area contributed by atoms with Crippen molar-refractivity contribution in [3.8, 4) is 17.1 Å². The molecule has 26 heavy (non-hydrogen) atoms. The third-order valence-corrected chi connectivity index (χ3v) is 4.43. The van der Waals surface area contributed by atoms with E-state index in [1.165, 1.54) is 0 Å². The molecule has 1 N–H and O–H groups in total. The van der Waals surface area contributed by atoms with Gasteiger partial charge >= 0.3 is 0 Å². The van der Waals surface area contributed by atoms with Gasteiger partial charge in [-0.2, -0.15) is 14.5 Å². The first kappa shape index (κ1) is 16.2. The van der Waals surface area contributed by atoms with E-state index in [4.69, 9.17) is 0 Å². The topological polar surface area (TPSA) is 72.7 Å². The van der Waals surface area contributed by atoms with E-state index in [9.17, 15) is 4.79 Å². The molecule has 2 aromatic carbocycles. The van der Waals surface area contributed by atoms with Crippen LogP contribution < -0.4 is 5.32 Å². The normalized spacial score (nSPS) is 10.7. The van der Waals surface area contributed by atoms with Crippen LogP contribution in [0.1, 0.15) is 16.2 Å². The van der Waals surface area contributed by atoms with Crippen LogP contribution in [0.2, 0.25) is 0 Å². The maximum Gasteiger partial charge on any atom is 0.278 e. The zero-order chi connectivity index (χ0) is 17.9. The average Bonchev–Trinajstić information content (AvgIpc) is 3.30. The van der Waals surface area contributed by atoms with Gasteiger partial charge in [-0.05, 0) is 25.1 Å². The number of carbonyl (C=O) groups excluding carboxylic acids is 1. The largest absolute Gasteiger partial charge is 0.295 e. The Kier molecular flexibility index (Phi) is 4.28. The zero-order valence-electron chi connectivity index (χ0n) is 14.0. The highest BCUT2D eigenvalue weighted by atomic mass is 32.1. The number of hydrogen-bond donors (Lipinski definition) is 1. The molecule has 2 heterocycles. The number of aryl methyl sites for hydroxylation is 1. The Labute approximate surface area is 154 Å². The summed E-state index contributed by atoms with van der Waals surface area (Å²) < 4.78 is 6.03. The van der Waals surface area contributed by atoms with Gasteiger partial charge in [-0.25, -0.2) is 4.68 Å². The number of amides is 1. The lowest BCUT2D eigenvalue weighted by Crippen LogP contribution is -2.13. The highest BCUT2D eigenvalue weighted by molar-refractivity contribution is 7.10. The first-order valence-corrected chi connectivity index (χ1v) is 8.80. The maximum absolute atomic E-state index is 12.5. The van der Waals surface area contributed by atoms with Crippen LogP contribution in [0.25, 0.3) is 17.1 Å². The lowest BCUT2D eigenvalue weighted by molar-refractivity contribution is 0.102. The van der Waals surface area contributed by atoms with Crippen LogP contribution in [0.5, 0.6) is 0 Å². The fourth-order valence-corrected chi connectivity index (χ4v) is 3.14. The van der Waals surface area contributed by atoms with Gasteiger partial charge in [0.1, 0.15) is 0 Å². The third-order valence-electron chi connectivity index (χ3n) is 3.80. The smallest absolute Gasteiger partial charge is 0.278 e. The minimum atomic E-state index is -0.307. The molecule has 0 radical (unpaired) electrons. The molecule has 0 unspecified atom stereocenters. The SMILES string of the molecule is Cc1cc(C(=O)Nc2nc(-c3ccccc3)ns2)nn1-c1ccccc1. The van der Waals surface area contributed by atoms with E-state index in [2.05, 4.69) is 19.8 Å². The summed E-state index contributed by atoms with van der Waals surface area (Å²) in [5, 5.41) is 7.62. The third kappa shape index (κ3) is 3.25. The van der Waals surface area contributed by atoms with E-state index in [0.29, 0.717) is 16.6 Å². The Balaban J connectivity index is 1.54. The van der Waals surface area contributed by atoms with E-state index in [-0.39, 0.29) is 5.91 Å². The number of benzene rings is 2. The molecule has 0 aliphatic carbocycles. The van der Waals surface area contributed by atoms with Crippen molar-refractivity contribution in [2.45, 2.75) is 6.92 Å². The molecule has 4 rings (SSSR count). The minimum Gasteiger partial charge on any atom is -0.295 e. The molecule has 6 nitrogen and oxygen atoms in total. The van der Waals surface area contributed by atoms with Crippen LogP contribution in [0.15, 0.2) is 66.7 Å². The van der Waals surface area contributed by atoms with Crippen LogP contribution >= 0.6 is 11.5 Å². The molecular weight excluding hydrogens is 346 g/mol. The van der Waals surface area contributed by atoms with E-state index in [1.54, 1.807) is 10.7 Å². The summed E-state index contributed by atoms with van der Waals surface area (Å²) in [7, 11) is 0. The predicted octanol–water partition coefficient (Wildman–Crippen LogP) is 3.95. The van der Waals surface area contributed by atoms with Gasteiger partial charge in [0.15, 0.2) is 11.5 Å². The Morgan fingerprint density at radius 1 is 1.04 bits per heavy atom. The lowest BCUT2D eigenvalue weighted by Gasteiger charge is -2.02. The average molecular weight is 361 g/mol. The summed E-state index contributed by atoms with van der Waals surface area (Å²) in [6.45, 7) is 1.91. The van der Waals surface area contributed by atoms with Crippen molar-refractivity contribution < 1.29 is 4.79 Å². The molecule has 128 valence electrons. The van der Waals surface area contributed by atoms with Gasteiger partial charge in [0.25, 0.3) is 5.91 Å². The van der Waals surface area contributed by atoms with Crippen molar-refractivity contribution in [3.63, 3.8) is 0 Å². The second-order valence-electron chi connectivity index (χ2n) is 5.66. The molecule has 0 bridgehead atoms. The standard InChI is InChI=1S/C19H15N5OS/c1-13-12-16(22-24(13)15-10-6-3-7-11-15)18(25)21-19-20-17(23-26-19)14-8-4-2-5-9-14/h2-12H,1H3,(H,20,21,23,25). The van der Waals surface area contributed by atoms with Gasteiger partial charge in [-0.1, -0.05) is 48.5 Å². The van der Waals surface area contributed by atoms with Gasteiger partial charge in [0.05, 0.1) is 5.69 Å². The predicted molar refractivity (Wildman–Crippen MR) is 102 cm³/mol. The summed E-state index contributed by atoms with van der Waals surface area (Å²) in [5.74, 6) is 0.287. The number of carbonyl (C=O) groups is 1. The number of nitrogens with one attached hydrogen (secondary N) is 1. The van der Waals surface area contributed by atoms with E-state index >= 15 is 0 Å². The van der Waals surface area contributed by atoms with E-state index < -0.39 is 0 Å². The number of para-hydroxylation sites is 1. The first-order valence-electron chi connectivity index (χ1n) is 8.03. The molecule has 0 aliphatic heterocycles. The number of aromatic nitrogens is 4. The molecular formula is C19H15N5OS. The molecule has 0 fully saturated rings. The fraction of sp³-hybridized carbons (Fsp3) is 0.0526. The number of nitrogens with zero attached hydrogens (tertiary/aromatic N) is 4. The van der Waals surface area contributed by atoms with Crippen molar-refractivity contribution in [1.29, 1.82) is 0 Å². The molecule has 0 atom stereocenters. The highest BCUT2D eigenvalue weighted by Gasteiger charge is 2.15. The molecule has 0 spiro atoms. The molecule has 2 aromatic heterocycles. The van der Waals surface area contributed by atoms with E-state index in [0.717, 1.165) is 28.5 Å². The number of anilines is 1. The molecule has 0 saturated carbocycles. The summed E-state index contributed by atoms with van der Waals surface area (Å²) in [5.41, 5.74) is 3.03. The van der Waals surface area contributed by atoms with Gasteiger partial charge in [-0.15, -0.1) is 0 Å². The molecule has 1 amide bonds. The Morgan fingerprint density at radius 3 is 2.46 bits per heavy atom. The number of hydrogen-bond acceptors (Lipinski definition) is 5. The van der Waals surface area contributed by atoms with Crippen LogP contribution in [-0.2, 0) is 0 Å². The van der Waals surface area contributed by atoms with Gasteiger partial charge in [-0.3, -0.25) is 10.1 Å². The monoisotopic (exact) mass is 361 g/mol. The van der Waals surface area contributed by atoms with Crippen molar-refractivity contribution >= 4 is 22.6 Å². The van der Waals surface area contributed by atoms with E-state index in [1.807, 2.05) is 67.6 Å². The van der Waals surface area contributed by atoms with Crippen molar-refractivity contribution in [2.75, 3.05) is 5.32 Å². The van der Waals surface area contributed by atoms with Crippen LogP contribution in [0.4, 0.5) is 5.13 Å². The highest BCUT2D eigenvalue weighted by Crippen LogP contribution is 2.21. The Morgan fingerprint density at radius 2 is 1.73 bits per heavy atom. The minimum absolute atomic E-state index is 0.307. The van der Waals surface area contributed by atoms with Gasteiger partial charge < -0.3 is 0 Å². The molecule has 7 heteroatoms. The van der Waals surface area contributed by atoms with Crippen molar-refractivity contribution in [1.82, 2.24) is 19.1 Å². The summed E-state index contributed by atoms with van der Waals surface area (Å²) >= 11 is 1.15. The van der Waals surface area contributed by atoms with Gasteiger partial charge in [0, 0.05) is 22.8 Å². The lowest BCUT2D eigenvalue weighted by atomic mass is 10.2. The molecule has 0 aliphatic rings. The summed E-state index contributed by atoms with van der Waals surface area (Å²) in [4.78, 5) is 16.9. The Bertz CT molecular complexity index is 1040. The quantitative estimate of drug-likeness (QED) is 0.597. The molecule has 0 saturated heterocycles. The molecule has 4 aromatic rings. The summed E-state index contributed by atoms with van der Waals surface area (Å²) in [6, 6.07) is 21.1. The first-order chi connectivity index (χ1) is 12.7. The fourth-order valence-electron chi connectivity index (χ4n) is 2.56. The van der Waals surface area contributed by atoms with Crippen LogP contribution in [0.3, 0.4) is 0 Å². The maximum atomic E-state index is 12.5. The zero-order valence-corrected chi connectivity index (χ0v) is 14.8. The second-order valence-corrected chi connectivity index (χ2v) is 6.41. The second kappa shape index (κ2) is 6.89. The summed E-state index contributed by atoms with van der Waals surface area (Å²) in [6.07, 6.45) is 0. The van der Waals surface area contributed by atoms with Crippen molar-refractivity contribution in [2.24, 2.45) is 0 Å². The van der Waals surface area contributed by atoms with Crippen LogP contribution in [0, 0.1) is 6.92 Å².